The third-order valence-corrected chi connectivity index (χ3v) is 3.05. The number of ether oxygens (including phenoxy) is 1. The second-order valence-corrected chi connectivity index (χ2v) is 5.44. The zero-order valence-corrected chi connectivity index (χ0v) is 11.8. The summed E-state index contributed by atoms with van der Waals surface area (Å²) in [6.45, 7) is -3.40. The van der Waals surface area contributed by atoms with Crippen LogP contribution in [0.25, 0.3) is 0 Å². The summed E-state index contributed by atoms with van der Waals surface area (Å²) in [5, 5.41) is 0. The monoisotopic (exact) mass is 369 g/mol. The lowest BCUT2D eigenvalue weighted by Crippen LogP contribution is -2.63. The van der Waals surface area contributed by atoms with Gasteiger partial charge in [-0.05, 0) is 11.1 Å². The maximum Gasteiger partial charge on any atom is 0.377 e. The van der Waals surface area contributed by atoms with Gasteiger partial charge in [0.25, 0.3) is 11.8 Å². The van der Waals surface area contributed by atoms with E-state index in [-0.39, 0.29) is 0 Å². The summed E-state index contributed by atoms with van der Waals surface area (Å²) >= 11 is -3.37. The zero-order chi connectivity index (χ0) is 18.2. The SMILES string of the molecule is CC(F)(F)C(F)(F)C(F)(F)C(C)(F)OCC(F)(F)CS(=O)[O-]. The van der Waals surface area contributed by atoms with Crippen molar-refractivity contribution in [2.24, 2.45) is 0 Å². The van der Waals surface area contributed by atoms with Gasteiger partial charge in [0, 0.05) is 13.8 Å². The van der Waals surface area contributed by atoms with Crippen molar-refractivity contribution in [1.82, 2.24) is 0 Å². The number of halogens is 9. The van der Waals surface area contributed by atoms with Crippen LogP contribution < -0.4 is 0 Å². The van der Waals surface area contributed by atoms with Crippen LogP contribution in [0.15, 0.2) is 0 Å². The van der Waals surface area contributed by atoms with Crippen LogP contribution in [-0.2, 0) is 15.8 Å². The highest BCUT2D eigenvalue weighted by molar-refractivity contribution is 7.79. The Morgan fingerprint density at radius 1 is 0.909 bits per heavy atom. The Balaban J connectivity index is 5.27. The standard InChI is InChI=1S/C9H11F9O3S/c1-5(10,11)8(15,16)9(17,18)6(2,12)21-3-7(13,14)4-22(19)20/h3-4H2,1-2H3,(H,19,20)/p-1. The van der Waals surface area contributed by atoms with Gasteiger partial charge in [0.15, 0.2) is 0 Å². The van der Waals surface area contributed by atoms with E-state index in [9.17, 15) is 48.3 Å². The Morgan fingerprint density at radius 3 is 1.64 bits per heavy atom. The molecular weight excluding hydrogens is 359 g/mol. The lowest BCUT2D eigenvalue weighted by atomic mass is 9.99. The van der Waals surface area contributed by atoms with E-state index in [1.807, 2.05) is 0 Å². The third-order valence-electron chi connectivity index (χ3n) is 2.39. The van der Waals surface area contributed by atoms with Crippen LogP contribution >= 0.6 is 0 Å². The van der Waals surface area contributed by atoms with Crippen molar-refractivity contribution in [1.29, 1.82) is 0 Å². The lowest BCUT2D eigenvalue weighted by molar-refractivity contribution is -0.386. The van der Waals surface area contributed by atoms with Gasteiger partial charge >= 0.3 is 17.8 Å². The van der Waals surface area contributed by atoms with E-state index in [0.717, 1.165) is 0 Å². The summed E-state index contributed by atoms with van der Waals surface area (Å²) < 4.78 is 140. The highest BCUT2D eigenvalue weighted by atomic mass is 32.2. The molecule has 3 nitrogen and oxygen atoms in total. The highest BCUT2D eigenvalue weighted by Crippen LogP contribution is 2.52. The molecule has 0 N–H and O–H groups in total. The topological polar surface area (TPSA) is 49.4 Å². The second kappa shape index (κ2) is 6.15. The fourth-order valence-corrected chi connectivity index (χ4v) is 1.53. The van der Waals surface area contributed by atoms with Crippen LogP contribution in [0.1, 0.15) is 13.8 Å². The fraction of sp³-hybridized carbons (Fsp3) is 1.00. The summed E-state index contributed by atoms with van der Waals surface area (Å²) in [7, 11) is 0. The third kappa shape index (κ3) is 4.47. The number of rotatable bonds is 8. The molecule has 0 heterocycles. The van der Waals surface area contributed by atoms with Crippen LogP contribution in [0.3, 0.4) is 0 Å². The van der Waals surface area contributed by atoms with Gasteiger partial charge in [0.2, 0.25) is 0 Å². The molecule has 0 aromatic carbocycles. The average Bonchev–Trinajstić information content (AvgIpc) is 2.23. The van der Waals surface area contributed by atoms with Crippen molar-refractivity contribution >= 4 is 11.1 Å². The Labute approximate surface area is 121 Å². The molecule has 0 aromatic heterocycles. The van der Waals surface area contributed by atoms with Crippen LogP contribution in [0.2, 0.25) is 0 Å². The number of hydrogen-bond donors (Lipinski definition) is 0. The first-order chi connectivity index (χ1) is 9.37. The first-order valence-corrected chi connectivity index (χ1v) is 6.52. The smallest absolute Gasteiger partial charge is 0.377 e. The van der Waals surface area contributed by atoms with E-state index in [0.29, 0.717) is 0 Å². The van der Waals surface area contributed by atoms with E-state index in [4.69, 9.17) is 0 Å². The molecule has 134 valence electrons. The molecule has 0 aliphatic heterocycles. The van der Waals surface area contributed by atoms with Gasteiger partial charge in [-0.2, -0.15) is 26.3 Å². The fourth-order valence-electron chi connectivity index (χ4n) is 1.10. The molecule has 0 amide bonds. The minimum Gasteiger partial charge on any atom is -0.772 e. The van der Waals surface area contributed by atoms with Gasteiger partial charge in [-0.15, -0.1) is 0 Å². The van der Waals surface area contributed by atoms with E-state index >= 15 is 0 Å². The molecule has 0 radical (unpaired) electrons. The van der Waals surface area contributed by atoms with Gasteiger partial charge in [-0.1, -0.05) is 0 Å². The van der Waals surface area contributed by atoms with Crippen LogP contribution in [0.4, 0.5) is 39.5 Å². The first kappa shape index (κ1) is 21.4. The molecule has 13 heteroatoms. The minimum atomic E-state index is -6.25. The molecule has 0 saturated carbocycles. The molecule has 2 unspecified atom stereocenters. The number of alkyl halides is 9. The quantitative estimate of drug-likeness (QED) is 0.488. The summed E-state index contributed by atoms with van der Waals surface area (Å²) in [6, 6.07) is 0. The van der Waals surface area contributed by atoms with Gasteiger partial charge in [0.05, 0.1) is 5.75 Å². The first-order valence-electron chi connectivity index (χ1n) is 5.27. The van der Waals surface area contributed by atoms with Crippen molar-refractivity contribution < 1.29 is 53.0 Å². The molecule has 22 heavy (non-hydrogen) atoms. The molecule has 0 saturated heterocycles. The normalized spacial score (nSPS) is 18.9. The molecule has 0 fully saturated rings. The van der Waals surface area contributed by atoms with Crippen molar-refractivity contribution in [2.45, 2.75) is 43.4 Å². The molecule has 0 aliphatic rings. The second-order valence-electron chi connectivity index (χ2n) is 4.55. The minimum absolute atomic E-state index is 0.448. The molecule has 0 spiro atoms. The maximum atomic E-state index is 13.5. The van der Waals surface area contributed by atoms with Gasteiger partial charge in [-0.3, -0.25) is 4.21 Å². The van der Waals surface area contributed by atoms with Crippen molar-refractivity contribution in [3.8, 4) is 0 Å². The van der Waals surface area contributed by atoms with Gasteiger partial charge in [-0.25, -0.2) is 13.2 Å². The Kier molecular flexibility index (Phi) is 5.99. The summed E-state index contributed by atoms with van der Waals surface area (Å²) in [6.07, 6.45) is 0. The van der Waals surface area contributed by atoms with Crippen LogP contribution in [0.5, 0.6) is 0 Å². The number of hydrogen-bond acceptors (Lipinski definition) is 3. The summed E-state index contributed by atoms with van der Waals surface area (Å²) in [5.74, 6) is -29.1. The zero-order valence-electron chi connectivity index (χ0n) is 10.9. The molecule has 0 bridgehead atoms. The molecule has 0 aliphatic carbocycles. The summed E-state index contributed by atoms with van der Waals surface area (Å²) in [5.41, 5.74) is 0. The van der Waals surface area contributed by atoms with E-state index in [1.54, 1.807) is 0 Å². The Morgan fingerprint density at radius 2 is 1.32 bits per heavy atom. The van der Waals surface area contributed by atoms with Crippen molar-refractivity contribution in [2.75, 3.05) is 12.4 Å². The maximum absolute atomic E-state index is 13.5. The Hall–Kier alpha value is -0.560. The molecule has 0 aromatic rings. The molecule has 2 atom stereocenters. The van der Waals surface area contributed by atoms with E-state index in [1.165, 1.54) is 0 Å². The lowest BCUT2D eigenvalue weighted by Gasteiger charge is -2.38. The van der Waals surface area contributed by atoms with Gasteiger partial charge in [0.1, 0.15) is 6.61 Å². The highest BCUT2D eigenvalue weighted by Gasteiger charge is 2.77. The van der Waals surface area contributed by atoms with Crippen molar-refractivity contribution in [3.63, 3.8) is 0 Å². The largest absolute Gasteiger partial charge is 0.772 e. The van der Waals surface area contributed by atoms with Crippen LogP contribution in [0, 0.1) is 0 Å². The van der Waals surface area contributed by atoms with E-state index < -0.39 is 66.8 Å². The van der Waals surface area contributed by atoms with Crippen molar-refractivity contribution in [3.05, 3.63) is 0 Å². The predicted molar refractivity (Wildman–Crippen MR) is 54.7 cm³/mol. The predicted octanol–water partition coefficient (Wildman–Crippen LogP) is 3.13. The average molecular weight is 369 g/mol. The molecular formula is C9H10F9O3S-. The summed E-state index contributed by atoms with van der Waals surface area (Å²) in [4.78, 5) is 0. The van der Waals surface area contributed by atoms with Gasteiger partial charge < -0.3 is 9.29 Å². The van der Waals surface area contributed by atoms with Crippen LogP contribution in [-0.4, -0.2) is 50.7 Å². The molecule has 0 rings (SSSR count). The van der Waals surface area contributed by atoms with E-state index in [2.05, 4.69) is 4.74 Å². The Bertz CT molecular complexity index is 419.